The number of fused-ring (bicyclic) bond motifs is 1. The van der Waals surface area contributed by atoms with E-state index in [0.29, 0.717) is 10.0 Å². The predicted octanol–water partition coefficient (Wildman–Crippen LogP) is 2.94. The van der Waals surface area contributed by atoms with Gasteiger partial charge in [0.05, 0.1) is 15.6 Å². The zero-order valence-electron chi connectivity index (χ0n) is 5.96. The van der Waals surface area contributed by atoms with Crippen LogP contribution in [-0.2, 0) is 0 Å². The predicted molar refractivity (Wildman–Crippen MR) is 49.6 cm³/mol. The Balaban J connectivity index is 2.91. The summed E-state index contributed by atoms with van der Waals surface area (Å²) in [5.74, 6) is 0. The normalized spacial score (nSPS) is 10.5. The van der Waals surface area contributed by atoms with Crippen LogP contribution < -0.4 is 0 Å². The maximum atomic E-state index is 5.91. The van der Waals surface area contributed by atoms with Crippen molar-refractivity contribution in [2.75, 3.05) is 0 Å². The number of hydrogen-bond acceptors (Lipinski definition) is 2. The summed E-state index contributed by atoms with van der Waals surface area (Å²) in [6, 6.07) is 1.79. The molecule has 0 aliphatic heterocycles. The van der Waals surface area contributed by atoms with Gasteiger partial charge in [0.15, 0.2) is 0 Å². The van der Waals surface area contributed by atoms with Gasteiger partial charge in [-0.05, 0) is 6.07 Å². The van der Waals surface area contributed by atoms with Crippen LogP contribution in [0.3, 0.4) is 0 Å². The van der Waals surface area contributed by atoms with E-state index in [1.54, 1.807) is 18.5 Å². The topological polar surface area (TPSA) is 25.8 Å². The summed E-state index contributed by atoms with van der Waals surface area (Å²) in [6.45, 7) is 0. The molecule has 2 rings (SSSR count). The van der Waals surface area contributed by atoms with Gasteiger partial charge >= 0.3 is 0 Å². The second-order valence-electron chi connectivity index (χ2n) is 2.31. The molecule has 0 atom stereocenters. The first kappa shape index (κ1) is 7.77. The van der Waals surface area contributed by atoms with Gasteiger partial charge in [-0.25, -0.2) is 0 Å². The van der Waals surface area contributed by atoms with Gasteiger partial charge in [0.25, 0.3) is 0 Å². The standard InChI is InChI=1S/C8H4Cl2N2/c9-6-4-12-7-1-2-11-3-5(7)8(6)10/h1-4H. The smallest absolute Gasteiger partial charge is 0.0782 e. The quantitative estimate of drug-likeness (QED) is 0.651. The first-order valence-corrected chi connectivity index (χ1v) is 4.08. The Morgan fingerprint density at radius 3 is 2.83 bits per heavy atom. The average molecular weight is 199 g/mol. The van der Waals surface area contributed by atoms with Crippen molar-refractivity contribution in [1.29, 1.82) is 0 Å². The van der Waals surface area contributed by atoms with Crippen molar-refractivity contribution in [1.82, 2.24) is 9.97 Å². The van der Waals surface area contributed by atoms with Gasteiger partial charge in [-0.1, -0.05) is 23.2 Å². The SMILES string of the molecule is Clc1cnc2ccncc2c1Cl. The molecule has 2 aromatic heterocycles. The van der Waals surface area contributed by atoms with E-state index in [1.165, 1.54) is 6.20 Å². The number of aromatic nitrogens is 2. The molecule has 0 amide bonds. The fraction of sp³-hybridized carbons (Fsp3) is 0. The third-order valence-corrected chi connectivity index (χ3v) is 2.35. The Morgan fingerprint density at radius 1 is 1.17 bits per heavy atom. The Morgan fingerprint density at radius 2 is 2.00 bits per heavy atom. The van der Waals surface area contributed by atoms with Crippen LogP contribution in [0.4, 0.5) is 0 Å². The number of hydrogen-bond donors (Lipinski definition) is 0. The highest BCUT2D eigenvalue weighted by atomic mass is 35.5. The molecule has 0 saturated heterocycles. The van der Waals surface area contributed by atoms with Crippen molar-refractivity contribution >= 4 is 34.1 Å². The summed E-state index contributed by atoms with van der Waals surface area (Å²) in [6.07, 6.45) is 4.85. The third-order valence-electron chi connectivity index (χ3n) is 1.56. The van der Waals surface area contributed by atoms with Gasteiger partial charge in [-0.3, -0.25) is 9.97 Å². The van der Waals surface area contributed by atoms with E-state index in [0.717, 1.165) is 10.9 Å². The highest BCUT2D eigenvalue weighted by Gasteiger charge is 2.03. The molecular weight excluding hydrogens is 195 g/mol. The molecule has 0 aliphatic rings. The van der Waals surface area contributed by atoms with E-state index in [2.05, 4.69) is 9.97 Å². The Labute approximate surface area is 79.2 Å². The minimum atomic E-state index is 0.456. The summed E-state index contributed by atoms with van der Waals surface area (Å²) >= 11 is 11.7. The molecule has 0 aliphatic carbocycles. The van der Waals surface area contributed by atoms with Gasteiger partial charge < -0.3 is 0 Å². The maximum Gasteiger partial charge on any atom is 0.0782 e. The molecule has 0 aromatic carbocycles. The second-order valence-corrected chi connectivity index (χ2v) is 3.10. The van der Waals surface area contributed by atoms with E-state index in [9.17, 15) is 0 Å². The van der Waals surface area contributed by atoms with Crippen molar-refractivity contribution in [3.63, 3.8) is 0 Å². The van der Waals surface area contributed by atoms with Crippen LogP contribution >= 0.6 is 23.2 Å². The van der Waals surface area contributed by atoms with Crippen molar-refractivity contribution in [2.24, 2.45) is 0 Å². The van der Waals surface area contributed by atoms with Crippen molar-refractivity contribution in [3.8, 4) is 0 Å². The Kier molecular flexibility index (Phi) is 1.87. The van der Waals surface area contributed by atoms with Gasteiger partial charge in [-0.2, -0.15) is 0 Å². The summed E-state index contributed by atoms with van der Waals surface area (Å²) in [7, 11) is 0. The molecule has 2 nitrogen and oxygen atoms in total. The Hall–Kier alpha value is -0.860. The van der Waals surface area contributed by atoms with Gasteiger partial charge in [-0.15, -0.1) is 0 Å². The summed E-state index contributed by atoms with van der Waals surface area (Å²) < 4.78 is 0. The van der Waals surface area contributed by atoms with E-state index >= 15 is 0 Å². The van der Waals surface area contributed by atoms with E-state index in [-0.39, 0.29) is 0 Å². The van der Waals surface area contributed by atoms with Crippen LogP contribution in [0.5, 0.6) is 0 Å². The second kappa shape index (κ2) is 2.88. The van der Waals surface area contributed by atoms with Crippen LogP contribution in [-0.4, -0.2) is 9.97 Å². The highest BCUT2D eigenvalue weighted by molar-refractivity contribution is 6.44. The number of rotatable bonds is 0. The molecule has 0 fully saturated rings. The molecular formula is C8H4Cl2N2. The lowest BCUT2D eigenvalue weighted by Crippen LogP contribution is -1.81. The molecule has 2 aromatic rings. The van der Waals surface area contributed by atoms with Crippen LogP contribution in [0.15, 0.2) is 24.7 Å². The third kappa shape index (κ3) is 1.13. The number of nitrogens with zero attached hydrogens (tertiary/aromatic N) is 2. The zero-order valence-corrected chi connectivity index (χ0v) is 7.47. The van der Waals surface area contributed by atoms with Gasteiger partial charge in [0.2, 0.25) is 0 Å². The molecule has 0 radical (unpaired) electrons. The summed E-state index contributed by atoms with van der Waals surface area (Å²) in [4.78, 5) is 8.02. The van der Waals surface area contributed by atoms with Crippen LogP contribution in [0.25, 0.3) is 10.9 Å². The van der Waals surface area contributed by atoms with E-state index in [1.807, 2.05) is 0 Å². The lowest BCUT2D eigenvalue weighted by Gasteiger charge is -1.99. The lowest BCUT2D eigenvalue weighted by molar-refractivity contribution is 1.32. The molecule has 0 spiro atoms. The van der Waals surface area contributed by atoms with E-state index < -0.39 is 0 Å². The summed E-state index contributed by atoms with van der Waals surface area (Å²) in [5, 5.41) is 1.75. The molecule has 60 valence electrons. The van der Waals surface area contributed by atoms with Crippen molar-refractivity contribution < 1.29 is 0 Å². The maximum absolute atomic E-state index is 5.91. The molecule has 2 heterocycles. The number of halogens is 2. The zero-order chi connectivity index (χ0) is 8.55. The fourth-order valence-electron chi connectivity index (χ4n) is 0.980. The van der Waals surface area contributed by atoms with Gasteiger partial charge in [0.1, 0.15) is 0 Å². The molecule has 0 unspecified atom stereocenters. The highest BCUT2D eigenvalue weighted by Crippen LogP contribution is 2.27. The average Bonchev–Trinajstić information content (AvgIpc) is 2.12. The molecule has 4 heteroatoms. The minimum absolute atomic E-state index is 0.456. The molecule has 0 saturated carbocycles. The van der Waals surface area contributed by atoms with Crippen molar-refractivity contribution in [3.05, 3.63) is 34.7 Å². The molecule has 0 bridgehead atoms. The lowest BCUT2D eigenvalue weighted by atomic mass is 10.3. The largest absolute Gasteiger partial charge is 0.264 e. The minimum Gasteiger partial charge on any atom is -0.264 e. The fourth-order valence-corrected chi connectivity index (χ4v) is 1.33. The van der Waals surface area contributed by atoms with Crippen LogP contribution in [0.1, 0.15) is 0 Å². The van der Waals surface area contributed by atoms with Crippen LogP contribution in [0, 0.1) is 0 Å². The van der Waals surface area contributed by atoms with E-state index in [4.69, 9.17) is 23.2 Å². The Bertz CT molecular complexity index is 428. The first-order valence-electron chi connectivity index (χ1n) is 3.33. The molecule has 0 N–H and O–H groups in total. The van der Waals surface area contributed by atoms with Crippen molar-refractivity contribution in [2.45, 2.75) is 0 Å². The van der Waals surface area contributed by atoms with Crippen LogP contribution in [0.2, 0.25) is 10.0 Å². The first-order chi connectivity index (χ1) is 5.79. The number of pyridine rings is 2. The van der Waals surface area contributed by atoms with Gasteiger partial charge in [0, 0.05) is 24.0 Å². The summed E-state index contributed by atoms with van der Waals surface area (Å²) in [5.41, 5.74) is 0.805. The monoisotopic (exact) mass is 198 g/mol. The molecule has 12 heavy (non-hydrogen) atoms.